The molecule has 1 saturated heterocycles. The van der Waals surface area contributed by atoms with E-state index in [9.17, 15) is 4.79 Å². The van der Waals surface area contributed by atoms with Crippen molar-refractivity contribution in [2.45, 2.75) is 25.5 Å². The lowest BCUT2D eigenvalue weighted by Crippen LogP contribution is -2.50. The second-order valence-corrected chi connectivity index (χ2v) is 7.27. The Kier molecular flexibility index (Phi) is 10.4. The molecule has 1 amide bonds. The lowest BCUT2D eigenvalue weighted by Gasteiger charge is -2.37. The van der Waals surface area contributed by atoms with E-state index in [-0.39, 0.29) is 42.9 Å². The summed E-state index contributed by atoms with van der Waals surface area (Å²) in [5.41, 5.74) is 5.60. The lowest BCUT2D eigenvalue weighted by molar-refractivity contribution is -0.135. The van der Waals surface area contributed by atoms with Crippen LogP contribution in [0.15, 0.2) is 22.0 Å². The molecule has 0 saturated carbocycles. The third kappa shape index (κ3) is 5.88. The highest BCUT2D eigenvalue weighted by Gasteiger charge is 2.28. The van der Waals surface area contributed by atoms with Crippen molar-refractivity contribution in [2.75, 3.05) is 39.8 Å². The zero-order valence-electron chi connectivity index (χ0n) is 15.9. The highest BCUT2D eigenvalue weighted by molar-refractivity contribution is 7.13. The van der Waals surface area contributed by atoms with Gasteiger partial charge < -0.3 is 19.9 Å². The molecule has 2 N–H and O–H groups in total. The molecule has 0 spiro atoms. The molecule has 0 aromatic carbocycles. The number of rotatable bonds is 7. The first-order valence-corrected chi connectivity index (χ1v) is 9.62. The van der Waals surface area contributed by atoms with Crippen LogP contribution in [0.25, 0.3) is 10.7 Å². The van der Waals surface area contributed by atoms with E-state index in [2.05, 4.69) is 22.0 Å². The van der Waals surface area contributed by atoms with Crippen LogP contribution in [0.4, 0.5) is 0 Å². The maximum absolute atomic E-state index is 12.3. The van der Waals surface area contributed by atoms with E-state index in [0.717, 1.165) is 18.0 Å². The average molecular weight is 452 g/mol. The Morgan fingerprint density at radius 1 is 1.36 bits per heavy atom. The normalized spacial score (nSPS) is 16.8. The standard InChI is InChI=1S/C17H25N5O3S.2ClH/c1-12(17-19-16(20-25-17)14-4-3-9-26-14)21-5-7-22(8-6-21)15(23)10-13(11-18)24-2;;/h3-4,9,12-13H,5-8,10-11,18H2,1-2H3;2*1H. The Morgan fingerprint density at radius 2 is 2.07 bits per heavy atom. The number of ether oxygens (including phenoxy) is 1. The summed E-state index contributed by atoms with van der Waals surface area (Å²) in [6.07, 6.45) is 0.115. The summed E-state index contributed by atoms with van der Waals surface area (Å²) in [5, 5.41) is 6.07. The Bertz CT molecular complexity index is 703. The summed E-state index contributed by atoms with van der Waals surface area (Å²) >= 11 is 1.59. The molecule has 2 unspecified atom stereocenters. The van der Waals surface area contributed by atoms with E-state index in [0.29, 0.717) is 37.8 Å². The highest BCUT2D eigenvalue weighted by Crippen LogP contribution is 2.26. The number of carbonyl (C=O) groups is 1. The predicted octanol–water partition coefficient (Wildman–Crippen LogP) is 2.21. The quantitative estimate of drug-likeness (QED) is 0.688. The second kappa shape index (κ2) is 11.7. The molecule has 2 aromatic heterocycles. The Labute approximate surface area is 181 Å². The van der Waals surface area contributed by atoms with Crippen LogP contribution in [-0.4, -0.2) is 71.8 Å². The van der Waals surface area contributed by atoms with Crippen molar-refractivity contribution in [1.29, 1.82) is 0 Å². The topological polar surface area (TPSA) is 97.7 Å². The summed E-state index contributed by atoms with van der Waals surface area (Å²) in [4.78, 5) is 22.0. The number of hydrogen-bond donors (Lipinski definition) is 1. The summed E-state index contributed by atoms with van der Waals surface area (Å²) in [5.74, 6) is 1.33. The molecule has 1 aliphatic rings. The van der Waals surface area contributed by atoms with Crippen molar-refractivity contribution in [3.63, 3.8) is 0 Å². The Balaban J connectivity index is 0.00000196. The number of nitrogens with zero attached hydrogens (tertiary/aromatic N) is 4. The van der Waals surface area contributed by atoms with Gasteiger partial charge in [-0.2, -0.15) is 4.98 Å². The number of carbonyl (C=O) groups excluding carboxylic acids is 1. The molecule has 3 heterocycles. The molecule has 0 aliphatic carbocycles. The number of hydrogen-bond acceptors (Lipinski definition) is 8. The highest BCUT2D eigenvalue weighted by atomic mass is 35.5. The third-order valence-electron chi connectivity index (χ3n) is 4.75. The number of methoxy groups -OCH3 is 1. The number of amides is 1. The van der Waals surface area contributed by atoms with Crippen molar-refractivity contribution in [3.05, 3.63) is 23.4 Å². The minimum Gasteiger partial charge on any atom is -0.380 e. The Morgan fingerprint density at radius 3 is 2.64 bits per heavy atom. The van der Waals surface area contributed by atoms with Gasteiger partial charge in [0.1, 0.15) is 0 Å². The van der Waals surface area contributed by atoms with Gasteiger partial charge >= 0.3 is 0 Å². The first-order chi connectivity index (χ1) is 12.6. The largest absolute Gasteiger partial charge is 0.380 e. The van der Waals surface area contributed by atoms with Gasteiger partial charge in [0.25, 0.3) is 0 Å². The minimum absolute atomic E-state index is 0. The van der Waals surface area contributed by atoms with E-state index in [1.54, 1.807) is 18.4 Å². The Hall–Kier alpha value is -1.23. The molecule has 0 radical (unpaired) electrons. The van der Waals surface area contributed by atoms with Gasteiger partial charge in [-0.1, -0.05) is 11.2 Å². The number of piperazine rings is 1. The predicted molar refractivity (Wildman–Crippen MR) is 113 cm³/mol. The number of nitrogens with two attached hydrogens (primary N) is 1. The maximum Gasteiger partial charge on any atom is 0.244 e. The summed E-state index contributed by atoms with van der Waals surface area (Å²) in [6, 6.07) is 3.96. The first-order valence-electron chi connectivity index (χ1n) is 8.74. The van der Waals surface area contributed by atoms with Crippen LogP contribution in [0.1, 0.15) is 25.3 Å². The van der Waals surface area contributed by atoms with E-state index in [1.165, 1.54) is 0 Å². The molecule has 1 fully saturated rings. The summed E-state index contributed by atoms with van der Waals surface area (Å²) in [6.45, 7) is 5.29. The SMILES string of the molecule is COC(CN)CC(=O)N1CCN(C(C)c2nc(-c3cccs3)no2)CC1.Cl.Cl. The van der Waals surface area contributed by atoms with Crippen molar-refractivity contribution in [2.24, 2.45) is 5.73 Å². The van der Waals surface area contributed by atoms with Crippen LogP contribution in [0.3, 0.4) is 0 Å². The van der Waals surface area contributed by atoms with Crippen molar-refractivity contribution < 1.29 is 14.1 Å². The molecule has 158 valence electrons. The summed E-state index contributed by atoms with van der Waals surface area (Å²) < 4.78 is 10.7. The molecule has 1 aliphatic heterocycles. The van der Waals surface area contributed by atoms with Gasteiger partial charge in [0.05, 0.1) is 23.4 Å². The molecule has 2 atom stereocenters. The van der Waals surface area contributed by atoms with Crippen molar-refractivity contribution in [3.8, 4) is 10.7 Å². The molecule has 28 heavy (non-hydrogen) atoms. The molecule has 2 aromatic rings. The van der Waals surface area contributed by atoms with Gasteiger partial charge in [-0.15, -0.1) is 36.2 Å². The monoisotopic (exact) mass is 451 g/mol. The number of aromatic nitrogens is 2. The molecular formula is C17H27Cl2N5O3S. The smallest absolute Gasteiger partial charge is 0.244 e. The van der Waals surface area contributed by atoms with Crippen molar-refractivity contribution in [1.82, 2.24) is 19.9 Å². The lowest BCUT2D eigenvalue weighted by atomic mass is 10.2. The molecule has 0 bridgehead atoms. The summed E-state index contributed by atoms with van der Waals surface area (Å²) in [7, 11) is 1.58. The van der Waals surface area contributed by atoms with Crippen LogP contribution in [0.2, 0.25) is 0 Å². The van der Waals surface area contributed by atoms with Crippen LogP contribution in [0, 0.1) is 0 Å². The fourth-order valence-corrected chi connectivity index (χ4v) is 3.66. The minimum atomic E-state index is -0.214. The van der Waals surface area contributed by atoms with E-state index in [1.807, 2.05) is 22.4 Å². The average Bonchev–Trinajstić information content (AvgIpc) is 3.36. The van der Waals surface area contributed by atoms with Crippen LogP contribution < -0.4 is 5.73 Å². The van der Waals surface area contributed by atoms with Gasteiger partial charge in [-0.05, 0) is 18.4 Å². The molecular weight excluding hydrogens is 425 g/mol. The zero-order valence-corrected chi connectivity index (χ0v) is 18.4. The van der Waals surface area contributed by atoms with Gasteiger partial charge in [0.2, 0.25) is 17.6 Å². The van der Waals surface area contributed by atoms with Gasteiger partial charge in [-0.25, -0.2) is 0 Å². The number of thiophene rings is 1. The number of halogens is 2. The fraction of sp³-hybridized carbons (Fsp3) is 0.588. The van der Waals surface area contributed by atoms with Crippen LogP contribution in [-0.2, 0) is 9.53 Å². The zero-order chi connectivity index (χ0) is 18.5. The molecule has 11 heteroatoms. The second-order valence-electron chi connectivity index (χ2n) is 6.32. The van der Waals surface area contributed by atoms with E-state index in [4.69, 9.17) is 15.0 Å². The van der Waals surface area contributed by atoms with Crippen LogP contribution >= 0.6 is 36.2 Å². The van der Waals surface area contributed by atoms with Crippen molar-refractivity contribution >= 4 is 42.1 Å². The van der Waals surface area contributed by atoms with Crippen LogP contribution in [0.5, 0.6) is 0 Å². The van der Waals surface area contributed by atoms with Gasteiger partial charge in [-0.3, -0.25) is 9.69 Å². The van der Waals surface area contributed by atoms with E-state index >= 15 is 0 Å². The van der Waals surface area contributed by atoms with E-state index < -0.39 is 0 Å². The molecule has 8 nitrogen and oxygen atoms in total. The first kappa shape index (κ1) is 24.8. The van der Waals surface area contributed by atoms with Gasteiger partial charge in [0, 0.05) is 39.8 Å². The third-order valence-corrected chi connectivity index (χ3v) is 5.62. The fourth-order valence-electron chi connectivity index (χ4n) is 3.01. The molecule has 3 rings (SSSR count). The van der Waals surface area contributed by atoms with Gasteiger partial charge in [0.15, 0.2) is 0 Å². The maximum atomic E-state index is 12.3.